The van der Waals surface area contributed by atoms with Gasteiger partial charge in [-0.3, -0.25) is 4.79 Å². The number of nitrogens with zero attached hydrogens (tertiary/aromatic N) is 6. The first-order chi connectivity index (χ1) is 14.5. The largest absolute Gasteiger partial charge is 0.352 e. The molecule has 1 amide bonds. The van der Waals surface area contributed by atoms with Crippen LogP contribution in [0.5, 0.6) is 0 Å². The highest BCUT2D eigenvalue weighted by Gasteiger charge is 2.22. The topological polar surface area (TPSA) is 67.2 Å². The SMILES string of the molecule is Cc1ccn(-c2ccc(N3CCN(C(=O)CCc4ccc(F)c(Cl)c4)CC3)nn2)n1. The van der Waals surface area contributed by atoms with Gasteiger partial charge in [0, 0.05) is 38.8 Å². The van der Waals surface area contributed by atoms with Gasteiger partial charge in [-0.1, -0.05) is 17.7 Å². The lowest BCUT2D eigenvalue weighted by Gasteiger charge is -2.35. The molecule has 1 saturated heterocycles. The average molecular weight is 429 g/mol. The van der Waals surface area contributed by atoms with Crippen LogP contribution < -0.4 is 4.90 Å². The third-order valence-electron chi connectivity index (χ3n) is 5.16. The molecule has 0 aliphatic carbocycles. The molecule has 0 spiro atoms. The minimum absolute atomic E-state index is 0.0865. The fourth-order valence-electron chi connectivity index (χ4n) is 3.44. The Morgan fingerprint density at radius 1 is 1.07 bits per heavy atom. The normalized spacial score (nSPS) is 14.2. The minimum Gasteiger partial charge on any atom is -0.352 e. The van der Waals surface area contributed by atoms with Gasteiger partial charge in [0.05, 0.1) is 10.7 Å². The second kappa shape index (κ2) is 8.79. The lowest BCUT2D eigenvalue weighted by Crippen LogP contribution is -2.49. The van der Waals surface area contributed by atoms with Crippen molar-refractivity contribution in [1.82, 2.24) is 24.9 Å². The fourth-order valence-corrected chi connectivity index (χ4v) is 3.64. The Labute approximate surface area is 179 Å². The quantitative estimate of drug-likeness (QED) is 0.624. The molecule has 1 aromatic carbocycles. The molecule has 0 radical (unpaired) electrons. The first-order valence-electron chi connectivity index (χ1n) is 9.82. The number of aromatic nitrogens is 4. The zero-order chi connectivity index (χ0) is 21.1. The number of anilines is 1. The monoisotopic (exact) mass is 428 g/mol. The van der Waals surface area contributed by atoms with Crippen LogP contribution in [0.1, 0.15) is 17.7 Å². The Morgan fingerprint density at radius 2 is 1.80 bits per heavy atom. The summed E-state index contributed by atoms with van der Waals surface area (Å²) >= 11 is 5.81. The lowest BCUT2D eigenvalue weighted by molar-refractivity contribution is -0.131. The number of hydrogen-bond donors (Lipinski definition) is 0. The standard InChI is InChI=1S/C21H22ClFN6O/c1-15-8-9-29(26-15)20-6-5-19(24-25-20)27-10-12-28(13-11-27)21(30)7-3-16-2-4-18(23)17(22)14-16/h2,4-6,8-9,14H,3,7,10-13H2,1H3. The summed E-state index contributed by atoms with van der Waals surface area (Å²) in [5.41, 5.74) is 1.78. The zero-order valence-electron chi connectivity index (χ0n) is 16.6. The number of carbonyl (C=O) groups excluding carboxylic acids is 1. The van der Waals surface area contributed by atoms with Gasteiger partial charge in [0.25, 0.3) is 0 Å². The molecule has 3 heterocycles. The Bertz CT molecular complexity index is 1030. The van der Waals surface area contributed by atoms with E-state index in [0.717, 1.165) is 17.1 Å². The summed E-state index contributed by atoms with van der Waals surface area (Å²) in [6, 6.07) is 10.3. The van der Waals surface area contributed by atoms with Crippen LogP contribution in [0.2, 0.25) is 5.02 Å². The maximum atomic E-state index is 13.2. The van der Waals surface area contributed by atoms with Crippen molar-refractivity contribution in [2.24, 2.45) is 0 Å². The highest BCUT2D eigenvalue weighted by atomic mass is 35.5. The third kappa shape index (κ3) is 4.59. The molecule has 1 aliphatic rings. The van der Waals surface area contributed by atoms with Crippen LogP contribution in [0, 0.1) is 12.7 Å². The molecule has 0 atom stereocenters. The Balaban J connectivity index is 1.29. The van der Waals surface area contributed by atoms with E-state index in [1.807, 2.05) is 36.2 Å². The molecule has 7 nitrogen and oxygen atoms in total. The van der Waals surface area contributed by atoms with Crippen LogP contribution in [0.15, 0.2) is 42.6 Å². The van der Waals surface area contributed by atoms with Crippen molar-refractivity contribution in [2.45, 2.75) is 19.8 Å². The third-order valence-corrected chi connectivity index (χ3v) is 5.45. The number of amides is 1. The lowest BCUT2D eigenvalue weighted by atomic mass is 10.1. The summed E-state index contributed by atoms with van der Waals surface area (Å²) in [5, 5.41) is 13.0. The maximum Gasteiger partial charge on any atom is 0.223 e. The van der Waals surface area contributed by atoms with Gasteiger partial charge in [0.1, 0.15) is 5.82 Å². The van der Waals surface area contributed by atoms with Crippen LogP contribution in [-0.2, 0) is 11.2 Å². The van der Waals surface area contributed by atoms with Crippen molar-refractivity contribution in [3.05, 3.63) is 64.7 Å². The predicted molar refractivity (Wildman–Crippen MR) is 112 cm³/mol. The summed E-state index contributed by atoms with van der Waals surface area (Å²) in [5.74, 6) is 1.10. The molecule has 1 fully saturated rings. The van der Waals surface area contributed by atoms with E-state index in [1.165, 1.54) is 6.07 Å². The Morgan fingerprint density at radius 3 is 2.43 bits per heavy atom. The van der Waals surface area contributed by atoms with Gasteiger partial charge < -0.3 is 9.80 Å². The predicted octanol–water partition coefficient (Wildman–Crippen LogP) is 3.04. The molecule has 4 rings (SSSR count). The maximum absolute atomic E-state index is 13.2. The van der Waals surface area contributed by atoms with E-state index in [1.54, 1.807) is 16.8 Å². The van der Waals surface area contributed by atoms with E-state index >= 15 is 0 Å². The average Bonchev–Trinajstić information content (AvgIpc) is 3.21. The molecule has 0 bridgehead atoms. The first-order valence-corrected chi connectivity index (χ1v) is 10.2. The summed E-state index contributed by atoms with van der Waals surface area (Å²) in [4.78, 5) is 16.5. The van der Waals surface area contributed by atoms with Crippen LogP contribution >= 0.6 is 11.6 Å². The van der Waals surface area contributed by atoms with Crippen molar-refractivity contribution >= 4 is 23.3 Å². The van der Waals surface area contributed by atoms with Crippen molar-refractivity contribution in [1.29, 1.82) is 0 Å². The number of carbonyl (C=O) groups is 1. The smallest absolute Gasteiger partial charge is 0.223 e. The number of hydrogen-bond acceptors (Lipinski definition) is 5. The number of rotatable bonds is 5. The van der Waals surface area contributed by atoms with Crippen LogP contribution in [0.3, 0.4) is 0 Å². The molecule has 1 aliphatic heterocycles. The van der Waals surface area contributed by atoms with Gasteiger partial charge >= 0.3 is 0 Å². The molecule has 3 aromatic rings. The van der Waals surface area contributed by atoms with Crippen molar-refractivity contribution < 1.29 is 9.18 Å². The highest BCUT2D eigenvalue weighted by molar-refractivity contribution is 6.30. The molecule has 9 heteroatoms. The highest BCUT2D eigenvalue weighted by Crippen LogP contribution is 2.18. The van der Waals surface area contributed by atoms with Crippen LogP contribution in [-0.4, -0.2) is 57.0 Å². The van der Waals surface area contributed by atoms with Crippen molar-refractivity contribution in [3.8, 4) is 5.82 Å². The van der Waals surface area contributed by atoms with E-state index in [9.17, 15) is 9.18 Å². The second-order valence-electron chi connectivity index (χ2n) is 7.27. The molecule has 156 valence electrons. The van der Waals surface area contributed by atoms with E-state index in [-0.39, 0.29) is 10.9 Å². The van der Waals surface area contributed by atoms with Gasteiger partial charge in [-0.05, 0) is 49.2 Å². The van der Waals surface area contributed by atoms with Gasteiger partial charge in [-0.25, -0.2) is 9.07 Å². The molecule has 0 saturated carbocycles. The van der Waals surface area contributed by atoms with E-state index < -0.39 is 5.82 Å². The van der Waals surface area contributed by atoms with E-state index in [2.05, 4.69) is 20.2 Å². The van der Waals surface area contributed by atoms with Gasteiger partial charge in [-0.2, -0.15) is 5.10 Å². The van der Waals surface area contributed by atoms with E-state index in [0.29, 0.717) is 44.8 Å². The van der Waals surface area contributed by atoms with Crippen molar-refractivity contribution in [2.75, 3.05) is 31.1 Å². The van der Waals surface area contributed by atoms with Crippen LogP contribution in [0.25, 0.3) is 5.82 Å². The van der Waals surface area contributed by atoms with Crippen molar-refractivity contribution in [3.63, 3.8) is 0 Å². The number of halogens is 2. The first kappa shape index (κ1) is 20.3. The molecule has 30 heavy (non-hydrogen) atoms. The number of aryl methyl sites for hydroxylation is 2. The summed E-state index contributed by atoms with van der Waals surface area (Å²) in [6.45, 7) is 4.58. The molecule has 0 unspecified atom stereocenters. The van der Waals surface area contributed by atoms with E-state index in [4.69, 9.17) is 11.6 Å². The fraction of sp³-hybridized carbons (Fsp3) is 0.333. The summed E-state index contributed by atoms with van der Waals surface area (Å²) < 4.78 is 14.9. The molecule has 0 N–H and O–H groups in total. The summed E-state index contributed by atoms with van der Waals surface area (Å²) in [6.07, 6.45) is 2.77. The molecule has 2 aromatic heterocycles. The van der Waals surface area contributed by atoms with Gasteiger partial charge in [0.2, 0.25) is 5.91 Å². The second-order valence-corrected chi connectivity index (χ2v) is 7.67. The Kier molecular flexibility index (Phi) is 5.94. The number of benzene rings is 1. The minimum atomic E-state index is -0.446. The number of piperazine rings is 1. The Hall–Kier alpha value is -3.00. The summed E-state index contributed by atoms with van der Waals surface area (Å²) in [7, 11) is 0. The molecular formula is C21H22ClFN6O. The van der Waals surface area contributed by atoms with Gasteiger partial charge in [0.15, 0.2) is 11.6 Å². The zero-order valence-corrected chi connectivity index (χ0v) is 17.4. The van der Waals surface area contributed by atoms with Gasteiger partial charge in [-0.15, -0.1) is 10.2 Å². The van der Waals surface area contributed by atoms with Crippen LogP contribution in [0.4, 0.5) is 10.2 Å². The molecular weight excluding hydrogens is 407 g/mol.